The summed E-state index contributed by atoms with van der Waals surface area (Å²) < 4.78 is 0. The van der Waals surface area contributed by atoms with Gasteiger partial charge in [0.1, 0.15) is 0 Å². The second kappa shape index (κ2) is 17.2. The first-order valence-corrected chi connectivity index (χ1v) is 21.6. The molecule has 0 saturated heterocycles. The van der Waals surface area contributed by atoms with E-state index in [1.165, 1.54) is 61.2 Å². The molecular weight excluding hydrogens is 747 g/mol. The van der Waals surface area contributed by atoms with E-state index in [1.807, 2.05) is 0 Å². The van der Waals surface area contributed by atoms with Crippen molar-refractivity contribution in [3.8, 4) is 0 Å². The first-order valence-electron chi connectivity index (χ1n) is 21.6. The molecule has 0 spiro atoms. The van der Waals surface area contributed by atoms with Crippen LogP contribution in [0.3, 0.4) is 0 Å². The molecule has 10 rings (SSSR count). The second-order valence-corrected chi connectivity index (χ2v) is 16.2. The molecule has 0 fully saturated rings. The summed E-state index contributed by atoms with van der Waals surface area (Å²) in [4.78, 5) is 5.72. The Bertz CT molecular complexity index is 2750. The lowest BCUT2D eigenvalue weighted by Gasteiger charge is -2.37. The van der Waals surface area contributed by atoms with Gasteiger partial charge in [0.25, 0.3) is 0 Å². The summed E-state index contributed by atoms with van der Waals surface area (Å²) in [5, 5.41) is 0. The number of rotatable bonds is 11. The minimum atomic E-state index is -0.565. The summed E-state index contributed by atoms with van der Waals surface area (Å²) >= 11 is 0. The van der Waals surface area contributed by atoms with Gasteiger partial charge >= 0.3 is 0 Å². The number of nitrogens with zero attached hydrogens (tertiary/aromatic N) is 1. The minimum Gasteiger partial charge on any atom is -0.276 e. The highest BCUT2D eigenvalue weighted by Crippen LogP contribution is 2.48. The van der Waals surface area contributed by atoms with E-state index >= 15 is 0 Å². The minimum absolute atomic E-state index is 0.115. The molecule has 0 saturated carbocycles. The summed E-state index contributed by atoms with van der Waals surface area (Å²) in [5.41, 5.74) is 14.4. The van der Waals surface area contributed by atoms with Crippen molar-refractivity contribution >= 4 is 11.3 Å². The highest BCUT2D eigenvalue weighted by atomic mass is 14.8. The standard InChI is InChI=1S/C61H47N/c1-8-24-46(25-9-1)49-44-58(47-26-22-40-56(42-47)60(50-28-10-2-11-29-50,51-30-12-3-13-31-51)52-32-14-4-15-33-52)62-59(45-49)48-27-23-41-57(43-48)61(53-34-16-5-17-35-53,54-36-18-6-19-37-54)55-38-20-7-21-39-55/h1-44,59H,45H2. The summed E-state index contributed by atoms with van der Waals surface area (Å²) in [6.07, 6.45) is 3.11. The van der Waals surface area contributed by atoms with Crippen LogP contribution < -0.4 is 0 Å². The van der Waals surface area contributed by atoms with Crippen LogP contribution in [0.2, 0.25) is 0 Å². The van der Waals surface area contributed by atoms with Gasteiger partial charge in [-0.15, -0.1) is 0 Å². The van der Waals surface area contributed by atoms with Gasteiger partial charge in [0.15, 0.2) is 0 Å². The fraction of sp³-hybridized carbons (Fsp3) is 0.0656. The number of benzene rings is 9. The van der Waals surface area contributed by atoms with Crippen LogP contribution in [0, 0.1) is 0 Å². The average molecular weight is 794 g/mol. The number of hydrogen-bond donors (Lipinski definition) is 0. The molecule has 0 aliphatic carbocycles. The van der Waals surface area contributed by atoms with Gasteiger partial charge in [-0.3, -0.25) is 4.99 Å². The Morgan fingerprint density at radius 1 is 0.306 bits per heavy atom. The Balaban J connectivity index is 1.16. The maximum atomic E-state index is 5.72. The third-order valence-corrected chi connectivity index (χ3v) is 12.7. The van der Waals surface area contributed by atoms with Crippen LogP contribution in [0.4, 0.5) is 0 Å². The first-order chi connectivity index (χ1) is 30.7. The molecule has 296 valence electrons. The maximum absolute atomic E-state index is 5.72. The normalized spacial score (nSPS) is 14.1. The van der Waals surface area contributed by atoms with Crippen LogP contribution in [-0.4, -0.2) is 5.71 Å². The van der Waals surface area contributed by atoms with Crippen molar-refractivity contribution in [2.75, 3.05) is 0 Å². The average Bonchev–Trinajstić information content (AvgIpc) is 3.37. The highest BCUT2D eigenvalue weighted by Gasteiger charge is 2.40. The second-order valence-electron chi connectivity index (χ2n) is 16.2. The molecule has 1 aliphatic heterocycles. The monoisotopic (exact) mass is 793 g/mol. The molecule has 0 bridgehead atoms. The molecule has 0 N–H and O–H groups in total. The van der Waals surface area contributed by atoms with Gasteiger partial charge < -0.3 is 0 Å². The number of dihydropyridines is 1. The Hall–Kier alpha value is -7.61. The van der Waals surface area contributed by atoms with E-state index in [0.717, 1.165) is 17.7 Å². The fourth-order valence-corrected chi connectivity index (χ4v) is 9.91. The molecule has 1 unspecified atom stereocenters. The van der Waals surface area contributed by atoms with E-state index in [2.05, 4.69) is 267 Å². The molecule has 1 heterocycles. The molecule has 0 aromatic heterocycles. The Kier molecular flexibility index (Phi) is 10.7. The van der Waals surface area contributed by atoms with E-state index in [0.29, 0.717) is 0 Å². The summed E-state index contributed by atoms with van der Waals surface area (Å²) in [6.45, 7) is 0. The zero-order valence-corrected chi connectivity index (χ0v) is 34.6. The SMILES string of the molecule is C1=C(c2ccccc2)CC(c2cccc(C(c3ccccc3)(c3ccccc3)c3ccccc3)c2)N=C1c1cccc(C(c2ccccc2)(c2ccccc2)c2ccccc2)c1. The van der Waals surface area contributed by atoms with Crippen molar-refractivity contribution in [1.82, 2.24) is 0 Å². The van der Waals surface area contributed by atoms with Crippen molar-refractivity contribution in [3.63, 3.8) is 0 Å². The van der Waals surface area contributed by atoms with Crippen LogP contribution in [0.25, 0.3) is 5.57 Å². The van der Waals surface area contributed by atoms with Crippen molar-refractivity contribution in [2.45, 2.75) is 23.3 Å². The Morgan fingerprint density at radius 2 is 0.629 bits per heavy atom. The van der Waals surface area contributed by atoms with Crippen LogP contribution >= 0.6 is 0 Å². The number of aliphatic imine (C=N–C) groups is 1. The van der Waals surface area contributed by atoms with Gasteiger partial charge in [0.05, 0.1) is 22.6 Å². The zero-order valence-electron chi connectivity index (χ0n) is 34.6. The van der Waals surface area contributed by atoms with Crippen LogP contribution in [0.5, 0.6) is 0 Å². The van der Waals surface area contributed by atoms with Crippen molar-refractivity contribution in [3.05, 3.63) is 328 Å². The molecule has 9 aromatic carbocycles. The van der Waals surface area contributed by atoms with Gasteiger partial charge in [-0.05, 0) is 79.8 Å². The van der Waals surface area contributed by atoms with Crippen LogP contribution in [-0.2, 0) is 10.8 Å². The Labute approximate surface area is 366 Å². The number of allylic oxidation sites excluding steroid dienone is 1. The first kappa shape index (κ1) is 38.6. The lowest BCUT2D eigenvalue weighted by Crippen LogP contribution is -2.31. The van der Waals surface area contributed by atoms with Gasteiger partial charge in [0.2, 0.25) is 0 Å². The van der Waals surface area contributed by atoms with E-state index in [4.69, 9.17) is 4.99 Å². The van der Waals surface area contributed by atoms with E-state index in [9.17, 15) is 0 Å². The van der Waals surface area contributed by atoms with Crippen LogP contribution in [0.1, 0.15) is 73.7 Å². The molecule has 1 heteroatoms. The van der Waals surface area contributed by atoms with Crippen LogP contribution in [0.15, 0.2) is 272 Å². The van der Waals surface area contributed by atoms with Crippen molar-refractivity contribution in [1.29, 1.82) is 0 Å². The predicted octanol–water partition coefficient (Wildman–Crippen LogP) is 14.5. The molecule has 9 aromatic rings. The van der Waals surface area contributed by atoms with Gasteiger partial charge in [-0.2, -0.15) is 0 Å². The molecule has 62 heavy (non-hydrogen) atoms. The lowest BCUT2D eigenvalue weighted by molar-refractivity contribution is 0.720. The van der Waals surface area contributed by atoms with Gasteiger partial charge in [-0.25, -0.2) is 0 Å². The smallest absolute Gasteiger partial charge is 0.0797 e. The molecule has 0 radical (unpaired) electrons. The third kappa shape index (κ3) is 7.02. The topological polar surface area (TPSA) is 12.4 Å². The predicted molar refractivity (Wildman–Crippen MR) is 258 cm³/mol. The van der Waals surface area contributed by atoms with Crippen molar-refractivity contribution < 1.29 is 0 Å². The molecule has 1 aliphatic rings. The van der Waals surface area contributed by atoms with E-state index in [-0.39, 0.29) is 6.04 Å². The largest absolute Gasteiger partial charge is 0.276 e. The summed E-state index contributed by atoms with van der Waals surface area (Å²) in [5.74, 6) is 0. The third-order valence-electron chi connectivity index (χ3n) is 12.7. The summed E-state index contributed by atoms with van der Waals surface area (Å²) in [7, 11) is 0. The zero-order chi connectivity index (χ0) is 41.6. The van der Waals surface area contributed by atoms with Gasteiger partial charge in [-0.1, -0.05) is 255 Å². The van der Waals surface area contributed by atoms with Gasteiger partial charge in [0, 0.05) is 5.56 Å². The molecule has 0 amide bonds. The quantitative estimate of drug-likeness (QED) is 0.116. The Morgan fingerprint density at radius 3 is 1.03 bits per heavy atom. The van der Waals surface area contributed by atoms with Crippen molar-refractivity contribution in [2.24, 2.45) is 4.99 Å². The van der Waals surface area contributed by atoms with E-state index < -0.39 is 10.8 Å². The molecular formula is C61H47N. The lowest BCUT2D eigenvalue weighted by atomic mass is 9.64. The maximum Gasteiger partial charge on any atom is 0.0797 e. The molecule has 1 nitrogen and oxygen atoms in total. The summed E-state index contributed by atoms with van der Waals surface area (Å²) in [6, 6.07) is 94.8. The highest BCUT2D eigenvalue weighted by molar-refractivity contribution is 6.13. The van der Waals surface area contributed by atoms with E-state index in [1.54, 1.807) is 0 Å². The number of hydrogen-bond acceptors (Lipinski definition) is 1. The fourth-order valence-electron chi connectivity index (χ4n) is 9.91. The molecule has 1 atom stereocenters.